The SMILES string of the molecule is CCOC(=O)c1c(NC(=O)/C=C/c2ccc(Cl)c(Cl)c2)sc2c1CCC(C)C2. The molecule has 0 aliphatic heterocycles. The zero-order valence-corrected chi connectivity index (χ0v) is 18.0. The Balaban J connectivity index is 1.82. The highest BCUT2D eigenvalue weighted by Gasteiger charge is 2.28. The molecular weight excluding hydrogens is 417 g/mol. The number of hydrogen-bond donors (Lipinski definition) is 1. The van der Waals surface area contributed by atoms with Crippen LogP contribution in [0, 0.1) is 5.92 Å². The molecule has 1 aliphatic carbocycles. The highest BCUT2D eigenvalue weighted by molar-refractivity contribution is 7.17. The first kappa shape index (κ1) is 20.9. The highest BCUT2D eigenvalue weighted by atomic mass is 35.5. The molecule has 0 fully saturated rings. The summed E-state index contributed by atoms with van der Waals surface area (Å²) in [6.07, 6.45) is 5.84. The average molecular weight is 438 g/mol. The Bertz CT molecular complexity index is 936. The van der Waals surface area contributed by atoms with Crippen molar-refractivity contribution in [1.82, 2.24) is 0 Å². The molecule has 1 amide bonds. The number of carbonyl (C=O) groups is 2. The van der Waals surface area contributed by atoms with Gasteiger partial charge in [0.05, 0.1) is 22.2 Å². The first-order valence-electron chi connectivity index (χ1n) is 9.14. The molecule has 0 radical (unpaired) electrons. The van der Waals surface area contributed by atoms with Gasteiger partial charge in [-0.2, -0.15) is 0 Å². The lowest BCUT2D eigenvalue weighted by Crippen LogP contribution is -2.15. The summed E-state index contributed by atoms with van der Waals surface area (Å²) in [5.41, 5.74) is 2.28. The van der Waals surface area contributed by atoms with Crippen LogP contribution in [-0.2, 0) is 22.4 Å². The van der Waals surface area contributed by atoms with E-state index in [2.05, 4.69) is 12.2 Å². The van der Waals surface area contributed by atoms with Gasteiger partial charge in [-0.3, -0.25) is 4.79 Å². The monoisotopic (exact) mass is 437 g/mol. The third-order valence-corrected chi connectivity index (χ3v) is 6.51. The molecule has 4 nitrogen and oxygen atoms in total. The lowest BCUT2D eigenvalue weighted by atomic mass is 9.88. The summed E-state index contributed by atoms with van der Waals surface area (Å²) in [5.74, 6) is -0.124. The minimum absolute atomic E-state index is 0.296. The smallest absolute Gasteiger partial charge is 0.341 e. The van der Waals surface area contributed by atoms with Gasteiger partial charge in [-0.15, -0.1) is 11.3 Å². The number of amides is 1. The van der Waals surface area contributed by atoms with Crippen molar-refractivity contribution in [3.63, 3.8) is 0 Å². The van der Waals surface area contributed by atoms with Gasteiger partial charge in [0.25, 0.3) is 0 Å². The number of ether oxygens (including phenoxy) is 1. The summed E-state index contributed by atoms with van der Waals surface area (Å²) in [4.78, 5) is 26.1. The van der Waals surface area contributed by atoms with E-state index in [1.165, 1.54) is 17.4 Å². The molecule has 1 aliphatic rings. The van der Waals surface area contributed by atoms with Crippen molar-refractivity contribution < 1.29 is 14.3 Å². The Morgan fingerprint density at radius 3 is 2.82 bits per heavy atom. The number of benzene rings is 1. The third kappa shape index (κ3) is 4.77. The zero-order valence-electron chi connectivity index (χ0n) is 15.7. The topological polar surface area (TPSA) is 55.4 Å². The first-order chi connectivity index (χ1) is 13.4. The number of esters is 1. The predicted molar refractivity (Wildman–Crippen MR) is 116 cm³/mol. The van der Waals surface area contributed by atoms with Crippen LogP contribution in [0.1, 0.15) is 46.6 Å². The molecule has 3 rings (SSSR count). The molecule has 1 heterocycles. The standard InChI is InChI=1S/C21H21Cl2NO3S/c1-3-27-21(26)19-14-7-4-12(2)10-17(14)28-20(19)24-18(25)9-6-13-5-8-15(22)16(23)11-13/h5-6,8-9,11-12H,3-4,7,10H2,1-2H3,(H,24,25)/b9-6+. The maximum absolute atomic E-state index is 12.5. The molecule has 2 aromatic rings. The molecule has 0 saturated heterocycles. The maximum atomic E-state index is 12.5. The van der Waals surface area contributed by atoms with E-state index < -0.39 is 0 Å². The van der Waals surface area contributed by atoms with Crippen molar-refractivity contribution in [1.29, 1.82) is 0 Å². The largest absolute Gasteiger partial charge is 0.462 e. The molecule has 7 heteroatoms. The first-order valence-corrected chi connectivity index (χ1v) is 10.7. The number of rotatable bonds is 5. The van der Waals surface area contributed by atoms with E-state index in [-0.39, 0.29) is 11.9 Å². The molecule has 148 valence electrons. The summed E-state index contributed by atoms with van der Waals surface area (Å²) < 4.78 is 5.23. The van der Waals surface area contributed by atoms with E-state index in [0.717, 1.165) is 35.3 Å². The van der Waals surface area contributed by atoms with E-state index in [1.54, 1.807) is 31.2 Å². The van der Waals surface area contributed by atoms with Gasteiger partial charge in [0.1, 0.15) is 5.00 Å². The van der Waals surface area contributed by atoms with Crippen LogP contribution < -0.4 is 5.32 Å². The third-order valence-electron chi connectivity index (χ3n) is 4.60. The molecule has 0 spiro atoms. The van der Waals surface area contributed by atoms with Gasteiger partial charge in [0, 0.05) is 11.0 Å². The van der Waals surface area contributed by atoms with Crippen LogP contribution in [-0.4, -0.2) is 18.5 Å². The Morgan fingerprint density at radius 2 is 2.11 bits per heavy atom. The van der Waals surface area contributed by atoms with Crippen LogP contribution in [0.25, 0.3) is 6.08 Å². The number of nitrogens with one attached hydrogen (secondary N) is 1. The molecule has 0 bridgehead atoms. The van der Waals surface area contributed by atoms with Crippen LogP contribution in [0.5, 0.6) is 0 Å². The van der Waals surface area contributed by atoms with Gasteiger partial charge in [-0.1, -0.05) is 36.2 Å². The molecular formula is C21H21Cl2NO3S. The normalized spacial score (nSPS) is 16.1. The van der Waals surface area contributed by atoms with Crippen LogP contribution in [0.4, 0.5) is 5.00 Å². The quantitative estimate of drug-likeness (QED) is 0.460. The van der Waals surface area contributed by atoms with Crippen LogP contribution >= 0.6 is 34.5 Å². The predicted octanol–water partition coefficient (Wildman–Crippen LogP) is 6.01. The molecule has 1 N–H and O–H groups in total. The second-order valence-corrected chi connectivity index (χ2v) is 8.69. The van der Waals surface area contributed by atoms with Gasteiger partial charge in [-0.05, 0) is 61.4 Å². The number of hydrogen-bond acceptors (Lipinski definition) is 4. The van der Waals surface area contributed by atoms with E-state index in [4.69, 9.17) is 27.9 Å². The Kier molecular flexibility index (Phi) is 6.81. The Labute approximate surface area is 178 Å². The Morgan fingerprint density at radius 1 is 1.32 bits per heavy atom. The maximum Gasteiger partial charge on any atom is 0.341 e. The number of thiophene rings is 1. The second kappa shape index (κ2) is 9.12. The second-order valence-electron chi connectivity index (χ2n) is 6.77. The number of fused-ring (bicyclic) bond motifs is 1. The van der Waals surface area contributed by atoms with E-state index >= 15 is 0 Å². The fourth-order valence-electron chi connectivity index (χ4n) is 3.20. The van der Waals surface area contributed by atoms with Crippen molar-refractivity contribution in [2.75, 3.05) is 11.9 Å². The van der Waals surface area contributed by atoms with Crippen molar-refractivity contribution >= 4 is 57.5 Å². The van der Waals surface area contributed by atoms with Gasteiger partial charge >= 0.3 is 5.97 Å². The number of halogens is 2. The summed E-state index contributed by atoms with van der Waals surface area (Å²) in [7, 11) is 0. The van der Waals surface area contributed by atoms with Gasteiger partial charge < -0.3 is 10.1 Å². The van der Waals surface area contributed by atoms with E-state index in [0.29, 0.717) is 33.1 Å². The summed E-state index contributed by atoms with van der Waals surface area (Å²) in [6, 6.07) is 5.13. The van der Waals surface area contributed by atoms with E-state index in [9.17, 15) is 9.59 Å². The average Bonchev–Trinajstić information content (AvgIpc) is 2.99. The molecule has 28 heavy (non-hydrogen) atoms. The van der Waals surface area contributed by atoms with Gasteiger partial charge in [-0.25, -0.2) is 4.79 Å². The van der Waals surface area contributed by atoms with Crippen LogP contribution in [0.2, 0.25) is 10.0 Å². The molecule has 1 aromatic carbocycles. The fourth-order valence-corrected chi connectivity index (χ4v) is 4.91. The fraction of sp³-hybridized carbons (Fsp3) is 0.333. The van der Waals surface area contributed by atoms with Crippen molar-refractivity contribution in [2.45, 2.75) is 33.1 Å². The summed E-state index contributed by atoms with van der Waals surface area (Å²) >= 11 is 13.4. The Hall–Kier alpha value is -1.82. The zero-order chi connectivity index (χ0) is 20.3. The van der Waals surface area contributed by atoms with Gasteiger partial charge in [0.15, 0.2) is 0 Å². The van der Waals surface area contributed by atoms with E-state index in [1.807, 2.05) is 0 Å². The number of anilines is 1. The minimum atomic E-state index is -0.377. The summed E-state index contributed by atoms with van der Waals surface area (Å²) in [6.45, 7) is 4.27. The van der Waals surface area contributed by atoms with Crippen molar-refractivity contribution in [2.24, 2.45) is 5.92 Å². The molecule has 1 aromatic heterocycles. The van der Waals surface area contributed by atoms with Crippen LogP contribution in [0.3, 0.4) is 0 Å². The molecule has 1 unspecified atom stereocenters. The lowest BCUT2D eigenvalue weighted by Gasteiger charge is -2.18. The molecule has 0 saturated carbocycles. The minimum Gasteiger partial charge on any atom is -0.462 e. The summed E-state index contributed by atoms with van der Waals surface area (Å²) in [5, 5.41) is 4.29. The van der Waals surface area contributed by atoms with Crippen molar-refractivity contribution in [3.05, 3.63) is 55.9 Å². The van der Waals surface area contributed by atoms with Crippen molar-refractivity contribution in [3.8, 4) is 0 Å². The van der Waals surface area contributed by atoms with Gasteiger partial charge in [0.2, 0.25) is 5.91 Å². The molecule has 1 atom stereocenters. The number of carbonyl (C=O) groups excluding carboxylic acids is 2. The highest BCUT2D eigenvalue weighted by Crippen LogP contribution is 2.40. The van der Waals surface area contributed by atoms with Crippen LogP contribution in [0.15, 0.2) is 24.3 Å². The lowest BCUT2D eigenvalue weighted by molar-refractivity contribution is -0.111.